The monoisotopic (exact) mass is 252 g/mol. The molecule has 0 fully saturated rings. The molecule has 2 aromatic rings. The maximum absolute atomic E-state index is 12.7. The van der Waals surface area contributed by atoms with Gasteiger partial charge in [0.1, 0.15) is 11.6 Å². The SMILES string of the molecule is Fc1ccc(CC(Cl)c2ccc(F)cc2)cc1. The Morgan fingerprint density at radius 3 is 1.82 bits per heavy atom. The van der Waals surface area contributed by atoms with Crippen LogP contribution < -0.4 is 0 Å². The van der Waals surface area contributed by atoms with Crippen molar-refractivity contribution in [2.24, 2.45) is 0 Å². The first-order valence-electron chi connectivity index (χ1n) is 5.29. The molecule has 0 aliphatic carbocycles. The van der Waals surface area contributed by atoms with Gasteiger partial charge in [0.25, 0.3) is 0 Å². The van der Waals surface area contributed by atoms with Gasteiger partial charge < -0.3 is 0 Å². The number of rotatable bonds is 3. The van der Waals surface area contributed by atoms with E-state index in [9.17, 15) is 8.78 Å². The van der Waals surface area contributed by atoms with Gasteiger partial charge in [-0.1, -0.05) is 24.3 Å². The van der Waals surface area contributed by atoms with Crippen LogP contribution in [0, 0.1) is 11.6 Å². The van der Waals surface area contributed by atoms with E-state index < -0.39 is 0 Å². The van der Waals surface area contributed by atoms with Crippen LogP contribution in [0.15, 0.2) is 48.5 Å². The first-order valence-corrected chi connectivity index (χ1v) is 5.73. The second-order valence-electron chi connectivity index (χ2n) is 3.85. The van der Waals surface area contributed by atoms with Crippen LogP contribution in [-0.4, -0.2) is 0 Å². The topological polar surface area (TPSA) is 0 Å². The first-order chi connectivity index (χ1) is 8.15. The van der Waals surface area contributed by atoms with Crippen molar-refractivity contribution >= 4 is 11.6 Å². The Morgan fingerprint density at radius 1 is 0.824 bits per heavy atom. The summed E-state index contributed by atoms with van der Waals surface area (Å²) >= 11 is 6.22. The van der Waals surface area contributed by atoms with Crippen molar-refractivity contribution < 1.29 is 8.78 Å². The van der Waals surface area contributed by atoms with E-state index in [0.29, 0.717) is 6.42 Å². The van der Waals surface area contributed by atoms with Crippen LogP contribution in [0.4, 0.5) is 8.78 Å². The van der Waals surface area contributed by atoms with Crippen molar-refractivity contribution in [2.45, 2.75) is 11.8 Å². The third-order valence-electron chi connectivity index (χ3n) is 2.56. The lowest BCUT2D eigenvalue weighted by molar-refractivity contribution is 0.625. The number of alkyl halides is 1. The molecule has 0 heterocycles. The minimum atomic E-state index is -0.278. The number of benzene rings is 2. The maximum Gasteiger partial charge on any atom is 0.123 e. The number of hydrogen-bond donors (Lipinski definition) is 0. The molecular formula is C14H11ClF2. The van der Waals surface area contributed by atoms with Crippen molar-refractivity contribution in [2.75, 3.05) is 0 Å². The fraction of sp³-hybridized carbons (Fsp3) is 0.143. The molecule has 0 saturated carbocycles. The van der Waals surface area contributed by atoms with Crippen molar-refractivity contribution in [1.29, 1.82) is 0 Å². The lowest BCUT2D eigenvalue weighted by Gasteiger charge is -2.09. The minimum Gasteiger partial charge on any atom is -0.207 e. The predicted molar refractivity (Wildman–Crippen MR) is 65.1 cm³/mol. The number of halogens is 3. The van der Waals surface area contributed by atoms with Gasteiger partial charge in [0.15, 0.2) is 0 Å². The predicted octanol–water partition coefficient (Wildman–Crippen LogP) is 4.49. The molecule has 1 unspecified atom stereocenters. The third-order valence-corrected chi connectivity index (χ3v) is 2.97. The van der Waals surface area contributed by atoms with Crippen LogP contribution in [0.3, 0.4) is 0 Å². The molecule has 0 nitrogen and oxygen atoms in total. The minimum absolute atomic E-state index is 0.235. The summed E-state index contributed by atoms with van der Waals surface area (Å²) in [5, 5.41) is -0.235. The van der Waals surface area contributed by atoms with E-state index in [2.05, 4.69) is 0 Å². The molecule has 0 bridgehead atoms. The van der Waals surface area contributed by atoms with Gasteiger partial charge in [0, 0.05) is 0 Å². The smallest absolute Gasteiger partial charge is 0.123 e. The average molecular weight is 253 g/mol. The summed E-state index contributed by atoms with van der Waals surface area (Å²) in [6.45, 7) is 0. The molecule has 0 aromatic heterocycles. The molecular weight excluding hydrogens is 242 g/mol. The van der Waals surface area contributed by atoms with E-state index >= 15 is 0 Å². The summed E-state index contributed by atoms with van der Waals surface area (Å²) in [6, 6.07) is 12.3. The molecule has 0 aliphatic rings. The molecule has 0 amide bonds. The standard InChI is InChI=1S/C14H11ClF2/c15-14(11-3-7-13(17)8-4-11)9-10-1-5-12(16)6-2-10/h1-8,14H,9H2. The van der Waals surface area contributed by atoms with Gasteiger partial charge in [-0.05, 0) is 41.8 Å². The first kappa shape index (κ1) is 12.1. The van der Waals surface area contributed by atoms with Crippen LogP contribution in [0.2, 0.25) is 0 Å². The van der Waals surface area contributed by atoms with Gasteiger partial charge in [-0.2, -0.15) is 0 Å². The Kier molecular flexibility index (Phi) is 3.75. The second kappa shape index (κ2) is 5.28. The molecule has 88 valence electrons. The Labute approximate surface area is 104 Å². The Balaban J connectivity index is 2.08. The summed E-state index contributed by atoms with van der Waals surface area (Å²) in [6.07, 6.45) is 0.591. The van der Waals surface area contributed by atoms with E-state index in [-0.39, 0.29) is 17.0 Å². The van der Waals surface area contributed by atoms with Gasteiger partial charge in [0.05, 0.1) is 5.38 Å². The quantitative estimate of drug-likeness (QED) is 0.706. The van der Waals surface area contributed by atoms with Gasteiger partial charge in [0.2, 0.25) is 0 Å². The lowest BCUT2D eigenvalue weighted by Crippen LogP contribution is -1.96. The molecule has 2 aromatic carbocycles. The maximum atomic E-state index is 12.7. The van der Waals surface area contributed by atoms with E-state index in [4.69, 9.17) is 11.6 Å². The highest BCUT2D eigenvalue weighted by Crippen LogP contribution is 2.25. The molecule has 1 atom stereocenters. The molecule has 2 rings (SSSR count). The van der Waals surface area contributed by atoms with Gasteiger partial charge >= 0.3 is 0 Å². The number of hydrogen-bond acceptors (Lipinski definition) is 0. The lowest BCUT2D eigenvalue weighted by atomic mass is 10.0. The van der Waals surface area contributed by atoms with Crippen molar-refractivity contribution in [1.82, 2.24) is 0 Å². The Hall–Kier alpha value is -1.41. The molecule has 0 saturated heterocycles. The van der Waals surface area contributed by atoms with Crippen molar-refractivity contribution in [3.05, 3.63) is 71.3 Å². The fourth-order valence-electron chi connectivity index (χ4n) is 1.62. The van der Waals surface area contributed by atoms with Crippen molar-refractivity contribution in [3.8, 4) is 0 Å². The summed E-state index contributed by atoms with van der Waals surface area (Å²) in [5.41, 5.74) is 1.81. The fourth-order valence-corrected chi connectivity index (χ4v) is 1.94. The highest BCUT2D eigenvalue weighted by atomic mass is 35.5. The second-order valence-corrected chi connectivity index (χ2v) is 4.38. The van der Waals surface area contributed by atoms with Gasteiger partial charge in [-0.15, -0.1) is 11.6 Å². The third kappa shape index (κ3) is 3.27. The molecule has 0 spiro atoms. The highest BCUT2D eigenvalue weighted by molar-refractivity contribution is 6.20. The zero-order chi connectivity index (χ0) is 12.3. The van der Waals surface area contributed by atoms with E-state index in [1.165, 1.54) is 24.3 Å². The van der Waals surface area contributed by atoms with E-state index in [1.807, 2.05) is 0 Å². The van der Waals surface area contributed by atoms with Crippen LogP contribution in [0.5, 0.6) is 0 Å². The summed E-state index contributed by atoms with van der Waals surface area (Å²) in [4.78, 5) is 0. The normalized spacial score (nSPS) is 12.4. The molecule has 17 heavy (non-hydrogen) atoms. The van der Waals surface area contributed by atoms with Crippen LogP contribution in [-0.2, 0) is 6.42 Å². The van der Waals surface area contributed by atoms with Crippen LogP contribution >= 0.6 is 11.6 Å². The largest absolute Gasteiger partial charge is 0.207 e. The molecule has 3 heteroatoms. The molecule has 0 N–H and O–H groups in total. The summed E-state index contributed by atoms with van der Waals surface area (Å²) in [7, 11) is 0. The van der Waals surface area contributed by atoms with E-state index in [1.54, 1.807) is 24.3 Å². The van der Waals surface area contributed by atoms with Gasteiger partial charge in [-0.25, -0.2) is 8.78 Å². The van der Waals surface area contributed by atoms with Crippen LogP contribution in [0.1, 0.15) is 16.5 Å². The Morgan fingerprint density at radius 2 is 1.29 bits per heavy atom. The van der Waals surface area contributed by atoms with Crippen molar-refractivity contribution in [3.63, 3.8) is 0 Å². The summed E-state index contributed by atoms with van der Waals surface area (Å²) in [5.74, 6) is -0.541. The van der Waals surface area contributed by atoms with Gasteiger partial charge in [-0.3, -0.25) is 0 Å². The molecule has 0 aliphatic heterocycles. The van der Waals surface area contributed by atoms with Crippen LogP contribution in [0.25, 0.3) is 0 Å². The zero-order valence-electron chi connectivity index (χ0n) is 9.04. The molecule has 0 radical (unpaired) electrons. The average Bonchev–Trinajstić information content (AvgIpc) is 2.33. The van der Waals surface area contributed by atoms with E-state index in [0.717, 1.165) is 11.1 Å². The summed E-state index contributed by atoms with van der Waals surface area (Å²) < 4.78 is 25.5. The highest BCUT2D eigenvalue weighted by Gasteiger charge is 2.09. The zero-order valence-corrected chi connectivity index (χ0v) is 9.79. The Bertz CT molecular complexity index is 477.